The zero-order valence-electron chi connectivity index (χ0n) is 16.3. The average Bonchev–Trinajstić information content (AvgIpc) is 2.63. The number of hydrogen-bond acceptors (Lipinski definition) is 5. The number of carbonyl (C=O) groups is 2. The van der Waals surface area contributed by atoms with Gasteiger partial charge >= 0.3 is 5.97 Å². The van der Waals surface area contributed by atoms with Crippen molar-refractivity contribution in [2.24, 2.45) is 0 Å². The van der Waals surface area contributed by atoms with E-state index in [1.165, 1.54) is 6.92 Å². The topological polar surface area (TPSA) is 92.8 Å². The summed E-state index contributed by atoms with van der Waals surface area (Å²) in [6, 6.07) is 12.3. The van der Waals surface area contributed by atoms with Crippen molar-refractivity contribution in [1.82, 2.24) is 0 Å². The molecule has 1 amide bonds. The second-order valence-electron chi connectivity index (χ2n) is 6.26. The lowest BCUT2D eigenvalue weighted by Gasteiger charge is -2.28. The van der Waals surface area contributed by atoms with Crippen molar-refractivity contribution in [3.05, 3.63) is 59.7 Å². The fourth-order valence-electron chi connectivity index (χ4n) is 2.82. The second kappa shape index (κ2) is 8.88. The first-order valence-electron chi connectivity index (χ1n) is 8.78. The van der Waals surface area contributed by atoms with Crippen molar-refractivity contribution in [2.45, 2.75) is 26.8 Å². The summed E-state index contributed by atoms with van der Waals surface area (Å²) in [6.45, 7) is 5.15. The predicted molar refractivity (Wildman–Crippen MR) is 109 cm³/mol. The van der Waals surface area contributed by atoms with Gasteiger partial charge in [0, 0.05) is 5.69 Å². The minimum Gasteiger partial charge on any atom is -0.462 e. The van der Waals surface area contributed by atoms with Gasteiger partial charge in [-0.25, -0.2) is 13.2 Å². The number of esters is 1. The molecule has 0 saturated carbocycles. The number of carbonyl (C=O) groups excluding carboxylic acids is 2. The maximum absolute atomic E-state index is 12.8. The van der Waals surface area contributed by atoms with Crippen LogP contribution < -0.4 is 9.62 Å². The van der Waals surface area contributed by atoms with Gasteiger partial charge in [0.05, 0.1) is 24.1 Å². The SMILES string of the molecule is CCOC(=O)c1cccc(NC(=O)C(C)N(c2ccccc2)S(C)(=O)=O)c1C. The number of benzene rings is 2. The molecule has 0 saturated heterocycles. The third-order valence-corrected chi connectivity index (χ3v) is 5.43. The van der Waals surface area contributed by atoms with Crippen molar-refractivity contribution < 1.29 is 22.7 Å². The Morgan fingerprint density at radius 3 is 2.32 bits per heavy atom. The van der Waals surface area contributed by atoms with Crippen LogP contribution in [0.15, 0.2) is 48.5 Å². The number of para-hydroxylation sites is 1. The van der Waals surface area contributed by atoms with Crippen molar-refractivity contribution in [3.8, 4) is 0 Å². The molecule has 2 aromatic rings. The fourth-order valence-corrected chi connectivity index (χ4v) is 4.00. The first kappa shape index (κ1) is 21.4. The maximum Gasteiger partial charge on any atom is 0.338 e. The molecule has 0 fully saturated rings. The summed E-state index contributed by atoms with van der Waals surface area (Å²) in [5.41, 5.74) is 1.70. The highest BCUT2D eigenvalue weighted by Gasteiger charge is 2.29. The summed E-state index contributed by atoms with van der Waals surface area (Å²) in [6.07, 6.45) is 1.05. The number of hydrogen-bond donors (Lipinski definition) is 1. The van der Waals surface area contributed by atoms with Crippen LogP contribution in [0, 0.1) is 6.92 Å². The van der Waals surface area contributed by atoms with Crippen LogP contribution in [0.3, 0.4) is 0 Å². The Morgan fingerprint density at radius 2 is 1.75 bits per heavy atom. The smallest absolute Gasteiger partial charge is 0.338 e. The monoisotopic (exact) mass is 404 g/mol. The van der Waals surface area contributed by atoms with E-state index in [1.54, 1.807) is 62.4 Å². The van der Waals surface area contributed by atoms with E-state index in [2.05, 4.69) is 5.32 Å². The van der Waals surface area contributed by atoms with Gasteiger partial charge in [0.1, 0.15) is 6.04 Å². The Hall–Kier alpha value is -2.87. The molecule has 8 heteroatoms. The molecule has 0 heterocycles. The molecule has 0 aromatic heterocycles. The Labute approximate surface area is 165 Å². The van der Waals surface area contributed by atoms with Gasteiger partial charge in [0.2, 0.25) is 15.9 Å². The summed E-state index contributed by atoms with van der Waals surface area (Å²) in [5, 5.41) is 2.72. The Bertz CT molecular complexity index is 958. The van der Waals surface area contributed by atoms with Gasteiger partial charge in [-0.3, -0.25) is 9.10 Å². The van der Waals surface area contributed by atoms with Crippen LogP contribution >= 0.6 is 0 Å². The van der Waals surface area contributed by atoms with Gasteiger partial charge in [-0.15, -0.1) is 0 Å². The molecule has 0 spiro atoms. The number of nitrogens with one attached hydrogen (secondary N) is 1. The van der Waals surface area contributed by atoms with E-state index in [0.29, 0.717) is 22.5 Å². The third-order valence-electron chi connectivity index (χ3n) is 4.19. The van der Waals surface area contributed by atoms with Crippen LogP contribution in [-0.4, -0.2) is 39.2 Å². The van der Waals surface area contributed by atoms with Gasteiger partial charge < -0.3 is 10.1 Å². The quantitative estimate of drug-likeness (QED) is 0.716. The van der Waals surface area contributed by atoms with Gasteiger partial charge in [-0.05, 0) is 50.6 Å². The van der Waals surface area contributed by atoms with Gasteiger partial charge in [-0.2, -0.15) is 0 Å². The molecular formula is C20H24N2O5S. The van der Waals surface area contributed by atoms with E-state index in [-0.39, 0.29) is 6.61 Å². The minimum absolute atomic E-state index is 0.242. The Balaban J connectivity index is 2.31. The maximum atomic E-state index is 12.8. The van der Waals surface area contributed by atoms with Crippen molar-refractivity contribution in [3.63, 3.8) is 0 Å². The van der Waals surface area contributed by atoms with E-state index in [4.69, 9.17) is 4.74 Å². The van der Waals surface area contributed by atoms with E-state index < -0.39 is 27.9 Å². The zero-order valence-corrected chi connectivity index (χ0v) is 17.1. The standard InChI is InChI=1S/C20H24N2O5S/c1-5-27-20(24)17-12-9-13-18(14(17)2)21-19(23)15(3)22(28(4,25)26)16-10-7-6-8-11-16/h6-13,15H,5H2,1-4H3,(H,21,23). The molecule has 28 heavy (non-hydrogen) atoms. The van der Waals surface area contributed by atoms with Gasteiger partial charge in [-0.1, -0.05) is 24.3 Å². The average molecular weight is 404 g/mol. The molecule has 2 aromatic carbocycles. The second-order valence-corrected chi connectivity index (χ2v) is 8.12. The number of ether oxygens (including phenoxy) is 1. The molecule has 0 radical (unpaired) electrons. The molecule has 0 bridgehead atoms. The molecule has 0 aliphatic heterocycles. The number of rotatable bonds is 7. The lowest BCUT2D eigenvalue weighted by Crippen LogP contribution is -2.45. The van der Waals surface area contributed by atoms with Crippen LogP contribution in [0.5, 0.6) is 0 Å². The largest absolute Gasteiger partial charge is 0.462 e. The van der Waals surface area contributed by atoms with Crippen molar-refractivity contribution in [1.29, 1.82) is 0 Å². The molecule has 150 valence electrons. The van der Waals surface area contributed by atoms with Crippen LogP contribution in [0.25, 0.3) is 0 Å². The van der Waals surface area contributed by atoms with Gasteiger partial charge in [0.15, 0.2) is 0 Å². The number of anilines is 2. The van der Waals surface area contributed by atoms with Crippen LogP contribution in [0.4, 0.5) is 11.4 Å². The summed E-state index contributed by atoms with van der Waals surface area (Å²) in [5.74, 6) is -0.996. The molecule has 1 unspecified atom stereocenters. The first-order valence-corrected chi connectivity index (χ1v) is 10.6. The number of amides is 1. The van der Waals surface area contributed by atoms with Crippen molar-refractivity contribution in [2.75, 3.05) is 22.5 Å². The van der Waals surface area contributed by atoms with Crippen LogP contribution in [-0.2, 0) is 19.6 Å². The number of nitrogens with zero attached hydrogens (tertiary/aromatic N) is 1. The Morgan fingerprint density at radius 1 is 1.11 bits per heavy atom. The lowest BCUT2D eigenvalue weighted by atomic mass is 10.1. The summed E-state index contributed by atoms with van der Waals surface area (Å²) in [4.78, 5) is 24.8. The summed E-state index contributed by atoms with van der Waals surface area (Å²) in [7, 11) is -3.70. The predicted octanol–water partition coefficient (Wildman–Crippen LogP) is 2.96. The van der Waals surface area contributed by atoms with Crippen molar-refractivity contribution >= 4 is 33.3 Å². The normalized spacial score (nSPS) is 12.1. The Kier molecular flexibility index (Phi) is 6.80. The highest BCUT2D eigenvalue weighted by atomic mass is 32.2. The molecule has 0 aliphatic rings. The van der Waals surface area contributed by atoms with E-state index >= 15 is 0 Å². The summed E-state index contributed by atoms with van der Waals surface area (Å²) < 4.78 is 30.7. The molecule has 1 atom stereocenters. The zero-order chi connectivity index (χ0) is 20.9. The molecule has 7 nitrogen and oxygen atoms in total. The number of sulfonamides is 1. The van der Waals surface area contributed by atoms with Crippen LogP contribution in [0.1, 0.15) is 29.8 Å². The van der Waals surface area contributed by atoms with Gasteiger partial charge in [0.25, 0.3) is 0 Å². The highest BCUT2D eigenvalue weighted by Crippen LogP contribution is 2.23. The molecule has 1 N–H and O–H groups in total. The summed E-state index contributed by atoms with van der Waals surface area (Å²) >= 11 is 0. The molecular weight excluding hydrogens is 380 g/mol. The van der Waals surface area contributed by atoms with E-state index in [9.17, 15) is 18.0 Å². The first-order chi connectivity index (χ1) is 13.2. The third kappa shape index (κ3) is 4.89. The fraction of sp³-hybridized carbons (Fsp3) is 0.300. The lowest BCUT2D eigenvalue weighted by molar-refractivity contribution is -0.116. The molecule has 2 rings (SSSR count). The molecule has 0 aliphatic carbocycles. The van der Waals surface area contributed by atoms with Crippen LogP contribution in [0.2, 0.25) is 0 Å². The van der Waals surface area contributed by atoms with E-state index in [1.807, 2.05) is 0 Å². The minimum atomic E-state index is -3.70. The van der Waals surface area contributed by atoms with E-state index in [0.717, 1.165) is 10.6 Å². The highest BCUT2D eigenvalue weighted by molar-refractivity contribution is 7.92.